The Kier molecular flexibility index (Phi) is 4.79. The van der Waals surface area contributed by atoms with Gasteiger partial charge in [-0.2, -0.15) is 0 Å². The van der Waals surface area contributed by atoms with Crippen LogP contribution >= 0.6 is 0 Å². The molecule has 0 saturated carbocycles. The molecule has 0 heterocycles. The van der Waals surface area contributed by atoms with Crippen molar-refractivity contribution in [3.63, 3.8) is 0 Å². The van der Waals surface area contributed by atoms with Crippen LogP contribution in [0.4, 0.5) is 11.4 Å². The average molecular weight is 312 g/mol. The molecule has 23 heavy (non-hydrogen) atoms. The first-order valence-corrected chi connectivity index (χ1v) is 7.47. The number of para-hydroxylation sites is 1. The second-order valence-corrected chi connectivity index (χ2v) is 5.85. The highest BCUT2D eigenvalue weighted by molar-refractivity contribution is 6.06. The third-order valence-electron chi connectivity index (χ3n) is 3.91. The predicted octanol–water partition coefficient (Wildman–Crippen LogP) is 4.59. The molecule has 0 saturated heterocycles. The summed E-state index contributed by atoms with van der Waals surface area (Å²) < 4.78 is 0. The number of hydrogen-bond acceptors (Lipinski definition) is 3. The summed E-state index contributed by atoms with van der Waals surface area (Å²) in [5.41, 5.74) is 3.42. The van der Waals surface area contributed by atoms with Gasteiger partial charge in [0.15, 0.2) is 0 Å². The molecule has 0 spiro atoms. The van der Waals surface area contributed by atoms with Gasteiger partial charge < -0.3 is 5.32 Å². The fourth-order valence-corrected chi connectivity index (χ4v) is 2.59. The standard InChI is InChI=1S/C18H20N2O3/c1-11(2)14-8-5-7-12(3)17(14)19-18(21)15-9-6-10-16(13(15)4)20(22)23/h5-11H,1-4H3,(H,19,21). The first-order valence-electron chi connectivity index (χ1n) is 7.47. The lowest BCUT2D eigenvalue weighted by molar-refractivity contribution is -0.385. The van der Waals surface area contributed by atoms with Crippen molar-refractivity contribution in [3.8, 4) is 0 Å². The third kappa shape index (κ3) is 3.39. The number of nitrogens with zero attached hydrogens (tertiary/aromatic N) is 1. The lowest BCUT2D eigenvalue weighted by Crippen LogP contribution is -2.16. The van der Waals surface area contributed by atoms with Crippen LogP contribution in [0.5, 0.6) is 0 Å². The second kappa shape index (κ2) is 6.60. The van der Waals surface area contributed by atoms with Gasteiger partial charge in [-0.05, 0) is 37.0 Å². The Bertz CT molecular complexity index is 767. The zero-order valence-electron chi connectivity index (χ0n) is 13.7. The molecular weight excluding hydrogens is 292 g/mol. The van der Waals surface area contributed by atoms with Gasteiger partial charge in [-0.1, -0.05) is 38.1 Å². The Balaban J connectivity index is 2.42. The molecule has 1 N–H and O–H groups in total. The first-order chi connectivity index (χ1) is 10.8. The predicted molar refractivity (Wildman–Crippen MR) is 91.1 cm³/mol. The Morgan fingerprint density at radius 1 is 1.13 bits per heavy atom. The molecule has 0 aliphatic rings. The van der Waals surface area contributed by atoms with Crippen molar-refractivity contribution in [2.75, 3.05) is 5.32 Å². The van der Waals surface area contributed by atoms with E-state index in [4.69, 9.17) is 0 Å². The number of nitrogens with one attached hydrogen (secondary N) is 1. The number of nitro benzene ring substituents is 1. The van der Waals surface area contributed by atoms with E-state index < -0.39 is 4.92 Å². The number of amides is 1. The number of aryl methyl sites for hydroxylation is 1. The summed E-state index contributed by atoms with van der Waals surface area (Å²) in [6.45, 7) is 7.64. The van der Waals surface area contributed by atoms with Crippen molar-refractivity contribution in [2.24, 2.45) is 0 Å². The Morgan fingerprint density at radius 3 is 2.39 bits per heavy atom. The van der Waals surface area contributed by atoms with Crippen LogP contribution in [-0.2, 0) is 0 Å². The van der Waals surface area contributed by atoms with E-state index in [0.717, 1.165) is 16.8 Å². The van der Waals surface area contributed by atoms with Gasteiger partial charge in [-0.15, -0.1) is 0 Å². The molecule has 5 heteroatoms. The van der Waals surface area contributed by atoms with E-state index in [9.17, 15) is 14.9 Å². The molecule has 1 amide bonds. The molecule has 0 aliphatic carbocycles. The highest BCUT2D eigenvalue weighted by atomic mass is 16.6. The minimum Gasteiger partial charge on any atom is -0.321 e. The van der Waals surface area contributed by atoms with Crippen LogP contribution < -0.4 is 5.32 Å². The van der Waals surface area contributed by atoms with Crippen molar-refractivity contribution in [2.45, 2.75) is 33.6 Å². The van der Waals surface area contributed by atoms with E-state index >= 15 is 0 Å². The topological polar surface area (TPSA) is 72.2 Å². The van der Waals surface area contributed by atoms with E-state index in [1.165, 1.54) is 12.1 Å². The van der Waals surface area contributed by atoms with Crippen LogP contribution in [0, 0.1) is 24.0 Å². The van der Waals surface area contributed by atoms with Crippen LogP contribution in [0.1, 0.15) is 46.8 Å². The first kappa shape index (κ1) is 16.7. The molecule has 0 aliphatic heterocycles. The van der Waals surface area contributed by atoms with Gasteiger partial charge >= 0.3 is 0 Å². The van der Waals surface area contributed by atoms with Gasteiger partial charge in [-0.3, -0.25) is 14.9 Å². The Morgan fingerprint density at radius 2 is 1.78 bits per heavy atom. The zero-order chi connectivity index (χ0) is 17.1. The van der Waals surface area contributed by atoms with Gasteiger partial charge in [0.25, 0.3) is 11.6 Å². The fourth-order valence-electron chi connectivity index (χ4n) is 2.59. The number of hydrogen-bond donors (Lipinski definition) is 1. The summed E-state index contributed by atoms with van der Waals surface area (Å²) in [6.07, 6.45) is 0. The van der Waals surface area contributed by atoms with Gasteiger partial charge in [0.1, 0.15) is 0 Å². The fraction of sp³-hybridized carbons (Fsp3) is 0.278. The summed E-state index contributed by atoms with van der Waals surface area (Å²) in [6, 6.07) is 10.4. The summed E-state index contributed by atoms with van der Waals surface area (Å²) in [5, 5.41) is 13.9. The minimum absolute atomic E-state index is 0.0495. The molecule has 2 aromatic rings. The molecule has 2 rings (SSSR count). The largest absolute Gasteiger partial charge is 0.321 e. The molecular formula is C18H20N2O3. The maximum absolute atomic E-state index is 12.6. The highest BCUT2D eigenvalue weighted by Crippen LogP contribution is 2.29. The molecule has 0 atom stereocenters. The third-order valence-corrected chi connectivity index (χ3v) is 3.91. The molecule has 2 aromatic carbocycles. The second-order valence-electron chi connectivity index (χ2n) is 5.85. The van der Waals surface area contributed by atoms with Crippen LogP contribution in [-0.4, -0.2) is 10.8 Å². The smallest absolute Gasteiger partial charge is 0.273 e. The highest BCUT2D eigenvalue weighted by Gasteiger charge is 2.19. The molecule has 120 valence electrons. The van der Waals surface area contributed by atoms with Crippen LogP contribution in [0.25, 0.3) is 0 Å². The number of carbonyl (C=O) groups is 1. The van der Waals surface area contributed by atoms with E-state index in [1.807, 2.05) is 25.1 Å². The maximum atomic E-state index is 12.6. The van der Waals surface area contributed by atoms with Crippen molar-refractivity contribution >= 4 is 17.3 Å². The Hall–Kier alpha value is -2.69. The van der Waals surface area contributed by atoms with E-state index in [2.05, 4.69) is 19.2 Å². The van der Waals surface area contributed by atoms with Gasteiger partial charge in [-0.25, -0.2) is 0 Å². The van der Waals surface area contributed by atoms with E-state index in [0.29, 0.717) is 11.1 Å². The molecule has 0 bridgehead atoms. The molecule has 0 radical (unpaired) electrons. The average Bonchev–Trinajstić information content (AvgIpc) is 2.48. The molecule has 5 nitrogen and oxygen atoms in total. The number of nitro groups is 1. The summed E-state index contributed by atoms with van der Waals surface area (Å²) in [5.74, 6) is -0.0705. The van der Waals surface area contributed by atoms with E-state index in [1.54, 1.807) is 13.0 Å². The molecule has 0 aromatic heterocycles. The van der Waals surface area contributed by atoms with Gasteiger partial charge in [0.2, 0.25) is 0 Å². The monoisotopic (exact) mass is 312 g/mol. The molecule has 0 unspecified atom stereocenters. The number of anilines is 1. The van der Waals surface area contributed by atoms with E-state index in [-0.39, 0.29) is 17.5 Å². The number of benzene rings is 2. The quantitative estimate of drug-likeness (QED) is 0.663. The SMILES string of the molecule is Cc1cccc(C(C)C)c1NC(=O)c1cccc([N+](=O)[O-])c1C. The van der Waals surface area contributed by atoms with Crippen molar-refractivity contribution in [1.82, 2.24) is 0 Å². The normalized spacial score (nSPS) is 10.7. The number of rotatable bonds is 4. The van der Waals surface area contributed by atoms with Crippen LogP contribution in [0.15, 0.2) is 36.4 Å². The summed E-state index contributed by atoms with van der Waals surface area (Å²) >= 11 is 0. The van der Waals surface area contributed by atoms with Crippen LogP contribution in [0.3, 0.4) is 0 Å². The van der Waals surface area contributed by atoms with Gasteiger partial charge in [0.05, 0.1) is 4.92 Å². The van der Waals surface area contributed by atoms with Crippen molar-refractivity contribution in [3.05, 3.63) is 68.8 Å². The van der Waals surface area contributed by atoms with Crippen LogP contribution in [0.2, 0.25) is 0 Å². The van der Waals surface area contributed by atoms with Crippen molar-refractivity contribution in [1.29, 1.82) is 0 Å². The summed E-state index contributed by atoms with van der Waals surface area (Å²) in [7, 11) is 0. The molecule has 0 fully saturated rings. The zero-order valence-corrected chi connectivity index (χ0v) is 13.7. The maximum Gasteiger partial charge on any atom is 0.273 e. The lowest BCUT2D eigenvalue weighted by Gasteiger charge is -2.17. The van der Waals surface area contributed by atoms with Crippen molar-refractivity contribution < 1.29 is 9.72 Å². The number of carbonyl (C=O) groups excluding carboxylic acids is 1. The Labute approximate surface area is 135 Å². The minimum atomic E-state index is -0.473. The summed E-state index contributed by atoms with van der Waals surface area (Å²) in [4.78, 5) is 23.2. The lowest BCUT2D eigenvalue weighted by atomic mass is 9.97. The van der Waals surface area contributed by atoms with Gasteiger partial charge in [0, 0.05) is 22.9 Å².